The summed E-state index contributed by atoms with van der Waals surface area (Å²) in [4.78, 5) is 13.1. The number of benzene rings is 1. The Morgan fingerprint density at radius 1 is 1.43 bits per heavy atom. The molecule has 1 aromatic rings. The maximum atomic E-state index is 10.8. The SMILES string of the molecule is CN1CC[C@H](c2ccc(Cl)cc2)[C@@H](CSCC([NH-])=O)C1.[Pr]. The van der Waals surface area contributed by atoms with E-state index in [4.69, 9.17) is 17.3 Å². The average molecular weight is 453 g/mol. The minimum absolute atomic E-state index is 0. The number of carbonyl (C=O) groups excluding carboxylic acids is 1. The number of amides is 1. The maximum absolute atomic E-state index is 10.8. The Balaban J connectivity index is 0.00000220. The second kappa shape index (κ2) is 9.72. The van der Waals surface area contributed by atoms with Crippen molar-refractivity contribution >= 4 is 29.3 Å². The summed E-state index contributed by atoms with van der Waals surface area (Å²) in [6, 6.07) is 8.14. The number of carbonyl (C=O) groups is 1. The first-order chi connectivity index (χ1) is 9.56. The number of hydrogen-bond donors (Lipinski definition) is 0. The van der Waals surface area contributed by atoms with Crippen molar-refractivity contribution in [3.8, 4) is 0 Å². The van der Waals surface area contributed by atoms with E-state index in [9.17, 15) is 4.79 Å². The van der Waals surface area contributed by atoms with Crippen molar-refractivity contribution < 1.29 is 46.1 Å². The molecule has 1 aromatic carbocycles. The second-order valence-electron chi connectivity index (χ2n) is 5.41. The summed E-state index contributed by atoms with van der Waals surface area (Å²) in [5, 5.41) is 0.771. The summed E-state index contributed by atoms with van der Waals surface area (Å²) in [6.07, 6.45) is 1.14. The molecule has 2 rings (SSSR count). The van der Waals surface area contributed by atoms with Gasteiger partial charge >= 0.3 is 0 Å². The van der Waals surface area contributed by atoms with Crippen LogP contribution in [0.5, 0.6) is 0 Å². The largest absolute Gasteiger partial charge is 0.667 e. The number of hydrogen-bond acceptors (Lipinski definition) is 3. The van der Waals surface area contributed by atoms with Crippen molar-refractivity contribution in [1.82, 2.24) is 4.90 Å². The van der Waals surface area contributed by atoms with Gasteiger partial charge in [-0.2, -0.15) is 11.8 Å². The number of nitrogens with one attached hydrogen (secondary N) is 1. The van der Waals surface area contributed by atoms with Gasteiger partial charge in [0.1, 0.15) is 0 Å². The quantitative estimate of drug-likeness (QED) is 0.684. The van der Waals surface area contributed by atoms with Gasteiger partial charge in [0.05, 0.1) is 5.91 Å². The molecule has 0 bridgehead atoms. The van der Waals surface area contributed by atoms with Crippen LogP contribution in [-0.2, 0) is 4.79 Å². The Morgan fingerprint density at radius 2 is 2.10 bits per heavy atom. The van der Waals surface area contributed by atoms with Crippen LogP contribution in [-0.4, -0.2) is 42.4 Å². The molecule has 21 heavy (non-hydrogen) atoms. The smallest absolute Gasteiger partial charge is 0.0588 e. The molecule has 0 unspecified atom stereocenters. The third kappa shape index (κ3) is 6.35. The van der Waals surface area contributed by atoms with Gasteiger partial charge in [0.2, 0.25) is 0 Å². The van der Waals surface area contributed by atoms with Crippen molar-refractivity contribution in [3.63, 3.8) is 0 Å². The van der Waals surface area contributed by atoms with Crippen LogP contribution in [0, 0.1) is 47.2 Å². The van der Waals surface area contributed by atoms with Gasteiger partial charge in [0.15, 0.2) is 0 Å². The predicted molar refractivity (Wildman–Crippen MR) is 86.5 cm³/mol. The molecule has 0 aliphatic carbocycles. The minimum Gasteiger partial charge on any atom is -0.667 e. The van der Waals surface area contributed by atoms with Crippen LogP contribution in [0.1, 0.15) is 17.9 Å². The fraction of sp³-hybridized carbons (Fsp3) is 0.533. The Labute approximate surface area is 169 Å². The van der Waals surface area contributed by atoms with Crippen LogP contribution in [0.3, 0.4) is 0 Å². The molecule has 1 saturated heterocycles. The first kappa shape index (κ1) is 19.7. The van der Waals surface area contributed by atoms with Crippen LogP contribution in [0.15, 0.2) is 24.3 Å². The maximum Gasteiger partial charge on any atom is 0.0588 e. The Kier molecular flexibility index (Phi) is 9.12. The molecule has 1 N–H and O–H groups in total. The van der Waals surface area contributed by atoms with Gasteiger partial charge in [-0.05, 0) is 55.3 Å². The van der Waals surface area contributed by atoms with Gasteiger partial charge in [-0.1, -0.05) is 23.7 Å². The van der Waals surface area contributed by atoms with E-state index >= 15 is 0 Å². The molecule has 2 atom stereocenters. The molecular formula is C15H20ClN2OPrS-. The van der Waals surface area contributed by atoms with Crippen LogP contribution in [0.25, 0.3) is 5.73 Å². The first-order valence-electron chi connectivity index (χ1n) is 6.82. The number of piperidine rings is 1. The first-order valence-corrected chi connectivity index (χ1v) is 8.35. The van der Waals surface area contributed by atoms with Gasteiger partial charge in [0, 0.05) is 58.6 Å². The number of likely N-dealkylation sites (tertiary alicyclic amines) is 1. The molecule has 1 aliphatic heterocycles. The topological polar surface area (TPSA) is 44.1 Å². The van der Waals surface area contributed by atoms with Crippen molar-refractivity contribution in [2.24, 2.45) is 5.92 Å². The van der Waals surface area contributed by atoms with E-state index in [1.165, 1.54) is 5.56 Å². The molecule has 0 saturated carbocycles. The molecule has 1 amide bonds. The number of thioether (sulfide) groups is 1. The Hall–Kier alpha value is 0.654. The molecule has 1 radical (unpaired) electrons. The fourth-order valence-corrected chi connectivity index (χ4v) is 3.90. The van der Waals surface area contributed by atoms with Crippen LogP contribution in [0.4, 0.5) is 0 Å². The Morgan fingerprint density at radius 3 is 2.71 bits per heavy atom. The number of rotatable bonds is 5. The summed E-state index contributed by atoms with van der Waals surface area (Å²) < 4.78 is 0. The van der Waals surface area contributed by atoms with Crippen molar-refractivity contribution in [2.75, 3.05) is 31.6 Å². The second-order valence-corrected chi connectivity index (χ2v) is 6.87. The molecule has 0 spiro atoms. The monoisotopic (exact) mass is 452 g/mol. The van der Waals surface area contributed by atoms with Crippen LogP contribution >= 0.6 is 23.4 Å². The number of nitrogens with zero attached hydrogens (tertiary/aromatic N) is 1. The fourth-order valence-electron chi connectivity index (χ4n) is 2.83. The number of halogens is 1. The van der Waals surface area contributed by atoms with E-state index in [1.807, 2.05) is 12.1 Å². The zero-order valence-corrected chi connectivity index (χ0v) is 17.5. The van der Waals surface area contributed by atoms with Crippen LogP contribution < -0.4 is 0 Å². The van der Waals surface area contributed by atoms with E-state index in [1.54, 1.807) is 11.8 Å². The molecular weight excluding hydrogens is 433 g/mol. The van der Waals surface area contributed by atoms with Crippen molar-refractivity contribution in [2.45, 2.75) is 12.3 Å². The third-order valence-electron chi connectivity index (χ3n) is 3.80. The summed E-state index contributed by atoms with van der Waals surface area (Å²) in [7, 11) is 2.14. The Bertz CT molecular complexity index is 457. The van der Waals surface area contributed by atoms with E-state index < -0.39 is 5.91 Å². The van der Waals surface area contributed by atoms with Gasteiger partial charge in [-0.15, -0.1) is 0 Å². The van der Waals surface area contributed by atoms with E-state index in [0.717, 1.165) is 30.3 Å². The van der Waals surface area contributed by atoms with E-state index in [2.05, 4.69) is 24.1 Å². The van der Waals surface area contributed by atoms with Gasteiger partial charge in [-0.3, -0.25) is 0 Å². The molecule has 6 heteroatoms. The normalized spacial score (nSPS) is 22.6. The molecule has 0 aromatic heterocycles. The zero-order valence-electron chi connectivity index (χ0n) is 12.2. The molecule has 1 fully saturated rings. The molecule has 1 heterocycles. The summed E-state index contributed by atoms with van der Waals surface area (Å²) in [5.41, 5.74) is 8.33. The molecule has 3 nitrogen and oxygen atoms in total. The third-order valence-corrected chi connectivity index (χ3v) is 5.18. The van der Waals surface area contributed by atoms with Gasteiger partial charge in [-0.25, -0.2) is 0 Å². The predicted octanol–water partition coefficient (Wildman–Crippen LogP) is 3.69. The van der Waals surface area contributed by atoms with E-state index in [0.29, 0.717) is 17.6 Å². The summed E-state index contributed by atoms with van der Waals surface area (Å²) in [5.74, 6) is 1.80. The van der Waals surface area contributed by atoms with Gasteiger partial charge < -0.3 is 15.4 Å². The van der Waals surface area contributed by atoms with Crippen LogP contribution in [0.2, 0.25) is 5.02 Å². The van der Waals surface area contributed by atoms with Crippen molar-refractivity contribution in [1.29, 1.82) is 0 Å². The van der Waals surface area contributed by atoms with Crippen molar-refractivity contribution in [3.05, 3.63) is 40.6 Å². The summed E-state index contributed by atoms with van der Waals surface area (Å²) >= 11 is 7.54. The minimum atomic E-state index is -0.484. The summed E-state index contributed by atoms with van der Waals surface area (Å²) in [6.45, 7) is 2.15. The molecule has 1 aliphatic rings. The zero-order chi connectivity index (χ0) is 14.5. The molecule has 113 valence electrons. The van der Waals surface area contributed by atoms with Gasteiger partial charge in [0.25, 0.3) is 0 Å². The standard InChI is InChI=1S/C15H21ClN2OS.Pr/c1-18-7-6-14(11-2-4-13(16)5-3-11)12(8-18)9-20-10-15(17)19;/h2-5,12,14H,6-10H2,1H3,(H2,17,19);/p-1/t12-,14-;/m1./s1. The average Bonchev–Trinajstić information content (AvgIpc) is 2.40. The van der Waals surface area contributed by atoms with E-state index in [-0.39, 0.29) is 41.3 Å².